The van der Waals surface area contributed by atoms with Crippen LogP contribution < -0.4 is 5.73 Å². The summed E-state index contributed by atoms with van der Waals surface area (Å²) in [6.07, 6.45) is -3.00. The number of rotatable bonds is 3. The standard InChI is InChI=1S/C12H10F5N3/c13-9-2-1-7(3-10(9)14)11(18)6-20-5-8(4-19-20)12(15,16)17/h1-5,11H,6,18H2. The number of benzene rings is 1. The highest BCUT2D eigenvalue weighted by Gasteiger charge is 2.32. The molecule has 8 heteroatoms. The number of nitrogens with two attached hydrogens (primary N) is 1. The second-order valence-corrected chi connectivity index (χ2v) is 4.23. The maximum Gasteiger partial charge on any atom is 0.419 e. The van der Waals surface area contributed by atoms with Crippen LogP contribution in [-0.4, -0.2) is 9.78 Å². The van der Waals surface area contributed by atoms with Gasteiger partial charge in [0, 0.05) is 12.2 Å². The molecule has 0 aliphatic rings. The summed E-state index contributed by atoms with van der Waals surface area (Å²) in [7, 11) is 0. The van der Waals surface area contributed by atoms with Gasteiger partial charge in [-0.2, -0.15) is 18.3 Å². The molecule has 20 heavy (non-hydrogen) atoms. The fourth-order valence-electron chi connectivity index (χ4n) is 1.66. The molecular weight excluding hydrogens is 281 g/mol. The Morgan fingerprint density at radius 2 is 1.90 bits per heavy atom. The highest BCUT2D eigenvalue weighted by Crippen LogP contribution is 2.28. The van der Waals surface area contributed by atoms with E-state index in [2.05, 4.69) is 5.10 Å². The van der Waals surface area contributed by atoms with Gasteiger partial charge in [0.25, 0.3) is 0 Å². The summed E-state index contributed by atoms with van der Waals surface area (Å²) in [6, 6.07) is 2.30. The lowest BCUT2D eigenvalue weighted by molar-refractivity contribution is -0.137. The van der Waals surface area contributed by atoms with Crippen molar-refractivity contribution in [3.05, 3.63) is 53.4 Å². The monoisotopic (exact) mass is 291 g/mol. The van der Waals surface area contributed by atoms with E-state index in [4.69, 9.17) is 5.73 Å². The Morgan fingerprint density at radius 1 is 1.20 bits per heavy atom. The Morgan fingerprint density at radius 3 is 2.45 bits per heavy atom. The first kappa shape index (κ1) is 14.4. The van der Waals surface area contributed by atoms with Crippen LogP contribution in [0.15, 0.2) is 30.6 Å². The van der Waals surface area contributed by atoms with E-state index in [1.807, 2.05) is 0 Å². The first-order valence-corrected chi connectivity index (χ1v) is 5.57. The normalized spacial score (nSPS) is 13.5. The van der Waals surface area contributed by atoms with E-state index < -0.39 is 29.4 Å². The van der Waals surface area contributed by atoms with Crippen molar-refractivity contribution in [2.24, 2.45) is 5.73 Å². The smallest absolute Gasteiger partial charge is 0.322 e. The molecular formula is C12H10F5N3. The molecule has 0 aliphatic heterocycles. The van der Waals surface area contributed by atoms with Gasteiger partial charge in [-0.1, -0.05) is 6.07 Å². The molecule has 2 N–H and O–H groups in total. The Bertz CT molecular complexity index is 605. The van der Waals surface area contributed by atoms with E-state index in [-0.39, 0.29) is 12.1 Å². The van der Waals surface area contributed by atoms with Crippen LogP contribution in [0.1, 0.15) is 17.2 Å². The molecule has 1 atom stereocenters. The summed E-state index contributed by atoms with van der Waals surface area (Å²) >= 11 is 0. The highest BCUT2D eigenvalue weighted by atomic mass is 19.4. The van der Waals surface area contributed by atoms with Crippen LogP contribution in [-0.2, 0) is 12.7 Å². The first-order chi connectivity index (χ1) is 9.27. The van der Waals surface area contributed by atoms with Crippen molar-refractivity contribution in [1.82, 2.24) is 9.78 Å². The summed E-state index contributed by atoms with van der Waals surface area (Å²) < 4.78 is 64.0. The van der Waals surface area contributed by atoms with E-state index in [0.29, 0.717) is 6.20 Å². The van der Waals surface area contributed by atoms with Crippen LogP contribution in [0, 0.1) is 11.6 Å². The number of hydrogen-bond donors (Lipinski definition) is 1. The molecule has 0 saturated carbocycles. The van der Waals surface area contributed by atoms with Gasteiger partial charge in [0.2, 0.25) is 0 Å². The predicted molar refractivity (Wildman–Crippen MR) is 60.5 cm³/mol. The zero-order valence-electron chi connectivity index (χ0n) is 10.0. The van der Waals surface area contributed by atoms with E-state index >= 15 is 0 Å². The molecule has 1 aromatic carbocycles. The van der Waals surface area contributed by atoms with Crippen molar-refractivity contribution in [3.63, 3.8) is 0 Å². The SMILES string of the molecule is NC(Cn1cc(C(F)(F)F)cn1)c1ccc(F)c(F)c1. The van der Waals surface area contributed by atoms with Crippen LogP contribution in [0.25, 0.3) is 0 Å². The molecule has 0 radical (unpaired) electrons. The first-order valence-electron chi connectivity index (χ1n) is 5.57. The average molecular weight is 291 g/mol. The average Bonchev–Trinajstić information content (AvgIpc) is 2.81. The molecule has 0 saturated heterocycles. The summed E-state index contributed by atoms with van der Waals surface area (Å²) in [5, 5.41) is 3.54. The largest absolute Gasteiger partial charge is 0.419 e. The van der Waals surface area contributed by atoms with Gasteiger partial charge in [0.15, 0.2) is 11.6 Å². The highest BCUT2D eigenvalue weighted by molar-refractivity contribution is 5.21. The number of hydrogen-bond acceptors (Lipinski definition) is 2. The number of alkyl halides is 3. The second kappa shape index (κ2) is 5.20. The second-order valence-electron chi connectivity index (χ2n) is 4.23. The molecule has 0 spiro atoms. The topological polar surface area (TPSA) is 43.8 Å². The van der Waals surface area contributed by atoms with E-state index in [1.54, 1.807) is 0 Å². The lowest BCUT2D eigenvalue weighted by atomic mass is 10.1. The molecule has 1 heterocycles. The quantitative estimate of drug-likeness (QED) is 0.884. The Hall–Kier alpha value is -1.96. The minimum atomic E-state index is -4.48. The Kier molecular flexibility index (Phi) is 3.76. The van der Waals surface area contributed by atoms with Crippen LogP contribution in [0.2, 0.25) is 0 Å². The van der Waals surface area contributed by atoms with Crippen LogP contribution in [0.3, 0.4) is 0 Å². The van der Waals surface area contributed by atoms with Gasteiger partial charge in [-0.05, 0) is 17.7 Å². The summed E-state index contributed by atoms with van der Waals surface area (Å²) in [6.45, 7) is -0.0822. The van der Waals surface area contributed by atoms with Gasteiger partial charge < -0.3 is 5.73 Å². The summed E-state index contributed by atoms with van der Waals surface area (Å²) in [5.74, 6) is -2.08. The maximum atomic E-state index is 13.0. The molecule has 0 bridgehead atoms. The van der Waals surface area contributed by atoms with Crippen molar-refractivity contribution >= 4 is 0 Å². The number of halogens is 5. The zero-order valence-corrected chi connectivity index (χ0v) is 10.0. The lowest BCUT2D eigenvalue weighted by Crippen LogP contribution is -2.18. The van der Waals surface area contributed by atoms with Gasteiger partial charge in [-0.15, -0.1) is 0 Å². The van der Waals surface area contributed by atoms with Gasteiger partial charge in [-0.3, -0.25) is 4.68 Å². The molecule has 108 valence electrons. The van der Waals surface area contributed by atoms with Crippen molar-refractivity contribution in [3.8, 4) is 0 Å². The molecule has 1 aromatic heterocycles. The molecule has 0 fully saturated rings. The van der Waals surface area contributed by atoms with E-state index in [0.717, 1.165) is 23.0 Å². The van der Waals surface area contributed by atoms with Gasteiger partial charge >= 0.3 is 6.18 Å². The molecule has 1 unspecified atom stereocenters. The molecule has 0 amide bonds. The van der Waals surface area contributed by atoms with Crippen molar-refractivity contribution in [2.75, 3.05) is 0 Å². The van der Waals surface area contributed by atoms with Gasteiger partial charge in [-0.25, -0.2) is 8.78 Å². The fraction of sp³-hybridized carbons (Fsp3) is 0.250. The number of aromatic nitrogens is 2. The molecule has 0 aliphatic carbocycles. The minimum absolute atomic E-state index is 0.0822. The minimum Gasteiger partial charge on any atom is -0.322 e. The van der Waals surface area contributed by atoms with E-state index in [1.165, 1.54) is 6.07 Å². The predicted octanol–water partition coefficient (Wildman–Crippen LogP) is 2.88. The van der Waals surface area contributed by atoms with Crippen LogP contribution in [0.5, 0.6) is 0 Å². The third-order valence-corrected chi connectivity index (χ3v) is 2.72. The van der Waals surface area contributed by atoms with Gasteiger partial charge in [0.1, 0.15) is 0 Å². The van der Waals surface area contributed by atoms with Crippen molar-refractivity contribution < 1.29 is 22.0 Å². The van der Waals surface area contributed by atoms with Gasteiger partial charge in [0.05, 0.1) is 18.3 Å². The van der Waals surface area contributed by atoms with Crippen LogP contribution >= 0.6 is 0 Å². The molecule has 3 nitrogen and oxygen atoms in total. The molecule has 2 rings (SSSR count). The van der Waals surface area contributed by atoms with Crippen molar-refractivity contribution in [2.45, 2.75) is 18.8 Å². The third-order valence-electron chi connectivity index (χ3n) is 2.72. The summed E-state index contributed by atoms with van der Waals surface area (Å²) in [4.78, 5) is 0. The Labute approximate surface area is 110 Å². The number of nitrogens with zero attached hydrogens (tertiary/aromatic N) is 2. The lowest BCUT2D eigenvalue weighted by Gasteiger charge is -2.12. The Balaban J connectivity index is 2.13. The van der Waals surface area contributed by atoms with Crippen LogP contribution in [0.4, 0.5) is 22.0 Å². The van der Waals surface area contributed by atoms with Crippen molar-refractivity contribution in [1.29, 1.82) is 0 Å². The third kappa shape index (κ3) is 3.13. The zero-order chi connectivity index (χ0) is 14.9. The fourth-order valence-corrected chi connectivity index (χ4v) is 1.66. The summed E-state index contributed by atoms with van der Waals surface area (Å²) in [5.41, 5.74) is 5.11. The van der Waals surface area contributed by atoms with E-state index in [9.17, 15) is 22.0 Å². The maximum absolute atomic E-state index is 13.0. The molecule has 2 aromatic rings.